The first-order valence-electron chi connectivity index (χ1n) is 4.17. The SMILES string of the molecule is CCC(C#N)NS(=O)(=O)c1ccc(Cl)s1. The Morgan fingerprint density at radius 3 is 2.73 bits per heavy atom. The van der Waals surface area contributed by atoms with Gasteiger partial charge in [-0.3, -0.25) is 0 Å². The Balaban J connectivity index is 2.90. The van der Waals surface area contributed by atoms with Crippen LogP contribution in [-0.4, -0.2) is 14.5 Å². The largest absolute Gasteiger partial charge is 0.251 e. The first kappa shape index (κ1) is 12.5. The number of nitrogens with one attached hydrogen (secondary N) is 1. The number of sulfonamides is 1. The van der Waals surface area contributed by atoms with Crippen LogP contribution in [0.5, 0.6) is 0 Å². The van der Waals surface area contributed by atoms with Crippen molar-refractivity contribution in [1.29, 1.82) is 5.26 Å². The second-order valence-electron chi connectivity index (χ2n) is 2.77. The summed E-state index contributed by atoms with van der Waals surface area (Å²) in [6.45, 7) is 1.73. The van der Waals surface area contributed by atoms with Crippen molar-refractivity contribution in [3.05, 3.63) is 16.5 Å². The topological polar surface area (TPSA) is 70.0 Å². The molecule has 0 aromatic carbocycles. The van der Waals surface area contributed by atoms with Crippen molar-refractivity contribution in [3.8, 4) is 6.07 Å². The molecular weight excluding hydrogens is 256 g/mol. The third-order valence-corrected chi connectivity index (χ3v) is 4.87. The average molecular weight is 265 g/mol. The van der Waals surface area contributed by atoms with Gasteiger partial charge in [-0.2, -0.15) is 9.98 Å². The van der Waals surface area contributed by atoms with E-state index in [0.717, 1.165) is 11.3 Å². The van der Waals surface area contributed by atoms with Gasteiger partial charge in [0.05, 0.1) is 10.4 Å². The van der Waals surface area contributed by atoms with Gasteiger partial charge in [-0.15, -0.1) is 11.3 Å². The Labute approximate surface area is 97.5 Å². The molecule has 1 aromatic heterocycles. The summed E-state index contributed by atoms with van der Waals surface area (Å²) in [6.07, 6.45) is 0.425. The molecule has 15 heavy (non-hydrogen) atoms. The van der Waals surface area contributed by atoms with Crippen molar-refractivity contribution >= 4 is 33.0 Å². The zero-order valence-electron chi connectivity index (χ0n) is 7.90. The van der Waals surface area contributed by atoms with Gasteiger partial charge in [0.25, 0.3) is 10.0 Å². The van der Waals surface area contributed by atoms with Crippen LogP contribution in [0.15, 0.2) is 16.3 Å². The molecule has 1 unspecified atom stereocenters. The van der Waals surface area contributed by atoms with E-state index in [1.165, 1.54) is 12.1 Å². The van der Waals surface area contributed by atoms with Gasteiger partial charge < -0.3 is 0 Å². The van der Waals surface area contributed by atoms with Crippen molar-refractivity contribution in [2.24, 2.45) is 0 Å². The van der Waals surface area contributed by atoms with E-state index in [4.69, 9.17) is 16.9 Å². The molecule has 0 aliphatic rings. The fourth-order valence-electron chi connectivity index (χ4n) is 0.888. The number of hydrogen-bond acceptors (Lipinski definition) is 4. The summed E-state index contributed by atoms with van der Waals surface area (Å²) in [4.78, 5) is 0. The first-order chi connectivity index (χ1) is 6.99. The fourth-order valence-corrected chi connectivity index (χ4v) is 3.61. The van der Waals surface area contributed by atoms with E-state index in [1.54, 1.807) is 6.92 Å². The van der Waals surface area contributed by atoms with E-state index < -0.39 is 16.1 Å². The number of thiophene rings is 1. The van der Waals surface area contributed by atoms with Gasteiger partial charge in [-0.25, -0.2) is 8.42 Å². The number of halogens is 1. The van der Waals surface area contributed by atoms with E-state index in [-0.39, 0.29) is 4.21 Å². The van der Waals surface area contributed by atoms with E-state index in [9.17, 15) is 8.42 Å². The maximum absolute atomic E-state index is 11.7. The predicted octanol–water partition coefficient (Wildman–Crippen LogP) is 1.98. The highest BCUT2D eigenvalue weighted by Crippen LogP contribution is 2.25. The van der Waals surface area contributed by atoms with E-state index >= 15 is 0 Å². The Kier molecular flexibility index (Phi) is 4.11. The molecule has 0 aliphatic carbocycles. The monoisotopic (exact) mass is 264 g/mol. The molecule has 0 spiro atoms. The van der Waals surface area contributed by atoms with Crippen molar-refractivity contribution in [3.63, 3.8) is 0 Å². The second kappa shape index (κ2) is 4.94. The van der Waals surface area contributed by atoms with Crippen molar-refractivity contribution in [2.45, 2.75) is 23.6 Å². The summed E-state index contributed by atoms with van der Waals surface area (Å²) in [6, 6.07) is 4.09. The fraction of sp³-hybridized carbons (Fsp3) is 0.375. The van der Waals surface area contributed by atoms with Crippen LogP contribution in [0.1, 0.15) is 13.3 Å². The summed E-state index contributed by atoms with van der Waals surface area (Å²) >= 11 is 6.60. The number of rotatable bonds is 4. The molecule has 0 radical (unpaired) electrons. The maximum Gasteiger partial charge on any atom is 0.251 e. The van der Waals surface area contributed by atoms with Gasteiger partial charge in [0.15, 0.2) is 0 Å². The van der Waals surface area contributed by atoms with Gasteiger partial charge in [0.2, 0.25) is 0 Å². The molecule has 1 heterocycles. The third-order valence-electron chi connectivity index (χ3n) is 1.67. The summed E-state index contributed by atoms with van der Waals surface area (Å²) in [5.41, 5.74) is 0. The molecule has 1 rings (SSSR count). The van der Waals surface area contributed by atoms with Crippen molar-refractivity contribution in [1.82, 2.24) is 4.72 Å². The number of nitrogens with zero attached hydrogens (tertiary/aromatic N) is 1. The van der Waals surface area contributed by atoms with Crippen LogP contribution in [0.2, 0.25) is 4.34 Å². The summed E-state index contributed by atoms with van der Waals surface area (Å²) < 4.78 is 26.1. The average Bonchev–Trinajstić information content (AvgIpc) is 2.62. The van der Waals surface area contributed by atoms with E-state index in [0.29, 0.717) is 10.8 Å². The van der Waals surface area contributed by atoms with Gasteiger partial charge in [-0.05, 0) is 18.6 Å². The molecule has 82 valence electrons. The lowest BCUT2D eigenvalue weighted by molar-refractivity contribution is 0.571. The minimum atomic E-state index is -3.60. The van der Waals surface area contributed by atoms with Crippen LogP contribution in [0.4, 0.5) is 0 Å². The molecule has 0 amide bonds. The lowest BCUT2D eigenvalue weighted by atomic mass is 10.3. The molecule has 1 aromatic rings. The highest BCUT2D eigenvalue weighted by atomic mass is 35.5. The Morgan fingerprint density at radius 2 is 2.33 bits per heavy atom. The van der Waals surface area contributed by atoms with Crippen LogP contribution >= 0.6 is 22.9 Å². The van der Waals surface area contributed by atoms with Crippen LogP contribution in [0.3, 0.4) is 0 Å². The third kappa shape index (κ3) is 3.18. The lowest BCUT2D eigenvalue weighted by Gasteiger charge is -2.07. The molecule has 0 saturated heterocycles. The molecule has 7 heteroatoms. The van der Waals surface area contributed by atoms with Crippen LogP contribution in [-0.2, 0) is 10.0 Å². The van der Waals surface area contributed by atoms with E-state index in [2.05, 4.69) is 4.72 Å². The number of nitriles is 1. The van der Waals surface area contributed by atoms with Crippen LogP contribution < -0.4 is 4.72 Å². The summed E-state index contributed by atoms with van der Waals surface area (Å²) in [5.74, 6) is 0. The standard InChI is InChI=1S/C8H9ClN2O2S2/c1-2-6(5-10)11-15(12,13)8-4-3-7(9)14-8/h3-4,6,11H,2H2,1H3. The molecule has 0 bridgehead atoms. The number of hydrogen-bond donors (Lipinski definition) is 1. The zero-order chi connectivity index (χ0) is 11.5. The van der Waals surface area contributed by atoms with Gasteiger partial charge >= 0.3 is 0 Å². The lowest BCUT2D eigenvalue weighted by Crippen LogP contribution is -2.32. The minimum absolute atomic E-state index is 0.126. The van der Waals surface area contributed by atoms with Crippen LogP contribution in [0, 0.1) is 11.3 Å². The smallest absolute Gasteiger partial charge is 0.206 e. The Bertz CT molecular complexity index is 475. The summed E-state index contributed by atoms with van der Waals surface area (Å²) in [5, 5.41) is 8.64. The molecule has 1 atom stereocenters. The molecule has 4 nitrogen and oxygen atoms in total. The van der Waals surface area contributed by atoms with Crippen LogP contribution in [0.25, 0.3) is 0 Å². The molecule has 0 fully saturated rings. The van der Waals surface area contributed by atoms with E-state index in [1.807, 2.05) is 6.07 Å². The molecule has 1 N–H and O–H groups in total. The Hall–Kier alpha value is -0.610. The highest BCUT2D eigenvalue weighted by molar-refractivity contribution is 7.91. The van der Waals surface area contributed by atoms with Gasteiger partial charge in [0.1, 0.15) is 10.3 Å². The molecule has 0 aliphatic heterocycles. The normalized spacial score (nSPS) is 13.4. The minimum Gasteiger partial charge on any atom is -0.206 e. The van der Waals surface area contributed by atoms with Crippen molar-refractivity contribution < 1.29 is 8.42 Å². The zero-order valence-corrected chi connectivity index (χ0v) is 10.3. The molecule has 0 saturated carbocycles. The van der Waals surface area contributed by atoms with Crippen molar-refractivity contribution in [2.75, 3.05) is 0 Å². The van der Waals surface area contributed by atoms with Gasteiger partial charge in [-0.1, -0.05) is 18.5 Å². The maximum atomic E-state index is 11.7. The predicted molar refractivity (Wildman–Crippen MR) is 59.3 cm³/mol. The highest BCUT2D eigenvalue weighted by Gasteiger charge is 2.20. The quantitative estimate of drug-likeness (QED) is 0.904. The summed E-state index contributed by atoms with van der Waals surface area (Å²) in [7, 11) is -3.60. The second-order valence-corrected chi connectivity index (χ2v) is 6.43. The van der Waals surface area contributed by atoms with Gasteiger partial charge in [0, 0.05) is 0 Å². The first-order valence-corrected chi connectivity index (χ1v) is 6.84. The Morgan fingerprint density at radius 1 is 1.67 bits per heavy atom. The molecular formula is C8H9ClN2O2S2.